The average molecular weight is 379 g/mol. The van der Waals surface area contributed by atoms with E-state index in [1.165, 1.54) is 12.7 Å². The molecule has 0 saturated heterocycles. The second kappa shape index (κ2) is 7.26. The van der Waals surface area contributed by atoms with Crippen LogP contribution in [0.25, 0.3) is 10.9 Å². The molecule has 0 saturated carbocycles. The Bertz CT molecular complexity index is 1060. The lowest BCUT2D eigenvalue weighted by Gasteiger charge is -2.27. The summed E-state index contributed by atoms with van der Waals surface area (Å²) >= 11 is 0. The van der Waals surface area contributed by atoms with Crippen molar-refractivity contribution in [2.75, 3.05) is 26.1 Å². The number of hydrogen-bond donors (Lipinski definition) is 2. The highest BCUT2D eigenvalue weighted by Gasteiger charge is 2.24. The molecule has 1 aliphatic heterocycles. The number of urea groups is 1. The summed E-state index contributed by atoms with van der Waals surface area (Å²) in [5.74, 6) is 0.382. The topological polar surface area (TPSA) is 83.7 Å². The highest BCUT2D eigenvalue weighted by molar-refractivity contribution is 5.94. The van der Waals surface area contributed by atoms with Crippen LogP contribution in [0, 0.1) is 0 Å². The maximum absolute atomic E-state index is 12.7. The number of nitrogens with one attached hydrogen (secondary N) is 2. The van der Waals surface area contributed by atoms with Gasteiger partial charge in [0.1, 0.15) is 5.75 Å². The average Bonchev–Trinajstić information content (AvgIpc) is 3.10. The number of aromatic amines is 1. The number of carbonyl (C=O) groups is 2. The molecule has 0 bridgehead atoms. The number of nitrogens with zero attached hydrogens (tertiary/aromatic N) is 1. The number of rotatable bonds is 3. The van der Waals surface area contributed by atoms with Gasteiger partial charge in [-0.3, -0.25) is 0 Å². The minimum atomic E-state index is -0.438. The molecule has 0 unspecified atom stereocenters. The first-order valence-corrected chi connectivity index (χ1v) is 9.01. The third-order valence-electron chi connectivity index (χ3n) is 5.00. The summed E-state index contributed by atoms with van der Waals surface area (Å²) in [5.41, 5.74) is 4.25. The fraction of sp³-hybridized carbons (Fsp3) is 0.238. The molecule has 0 spiro atoms. The van der Waals surface area contributed by atoms with E-state index in [1.807, 2.05) is 18.2 Å². The number of hydrogen-bond acceptors (Lipinski definition) is 4. The molecule has 3 aromatic rings. The van der Waals surface area contributed by atoms with Crippen LogP contribution in [0.1, 0.15) is 21.6 Å². The van der Waals surface area contributed by atoms with Crippen molar-refractivity contribution in [3.8, 4) is 5.75 Å². The number of benzene rings is 2. The standard InChI is InChI=1S/C21H21N3O4/c1-27-15-6-7-18-17(11-15)16-8-9-24(12-19(16)23-18)21(26)22-14-5-3-4-13(10-14)20(25)28-2/h3-7,10-11,23H,8-9,12H2,1-2H3,(H,22,26). The Hall–Kier alpha value is -3.48. The van der Waals surface area contributed by atoms with E-state index in [0.717, 1.165) is 28.8 Å². The van der Waals surface area contributed by atoms with Crippen molar-refractivity contribution in [1.82, 2.24) is 9.88 Å². The maximum Gasteiger partial charge on any atom is 0.337 e. The third-order valence-corrected chi connectivity index (χ3v) is 5.00. The second-order valence-corrected chi connectivity index (χ2v) is 6.67. The quantitative estimate of drug-likeness (QED) is 0.682. The summed E-state index contributed by atoms with van der Waals surface area (Å²) in [7, 11) is 2.98. The zero-order valence-corrected chi connectivity index (χ0v) is 15.7. The van der Waals surface area contributed by atoms with Crippen molar-refractivity contribution >= 4 is 28.6 Å². The molecule has 4 rings (SSSR count). The molecule has 7 nitrogen and oxygen atoms in total. The van der Waals surface area contributed by atoms with Gasteiger partial charge in [0, 0.05) is 28.8 Å². The van der Waals surface area contributed by atoms with Gasteiger partial charge in [-0.1, -0.05) is 6.07 Å². The van der Waals surface area contributed by atoms with E-state index in [-0.39, 0.29) is 6.03 Å². The molecule has 2 aromatic carbocycles. The zero-order valence-electron chi connectivity index (χ0n) is 15.7. The Kier molecular flexibility index (Phi) is 4.65. The molecule has 7 heteroatoms. The van der Waals surface area contributed by atoms with Crippen molar-refractivity contribution in [2.45, 2.75) is 13.0 Å². The fourth-order valence-electron chi connectivity index (χ4n) is 3.56. The van der Waals surface area contributed by atoms with Crippen LogP contribution in [0.15, 0.2) is 42.5 Å². The van der Waals surface area contributed by atoms with Crippen LogP contribution in [-0.4, -0.2) is 42.6 Å². The van der Waals surface area contributed by atoms with Crippen LogP contribution in [-0.2, 0) is 17.7 Å². The minimum Gasteiger partial charge on any atom is -0.497 e. The SMILES string of the molecule is COC(=O)c1cccc(NC(=O)N2CCc3c([nH]c4ccc(OC)cc34)C2)c1. The van der Waals surface area contributed by atoms with Gasteiger partial charge in [-0.05, 0) is 48.4 Å². The Balaban J connectivity index is 1.51. The van der Waals surface area contributed by atoms with Crippen molar-refractivity contribution in [2.24, 2.45) is 0 Å². The highest BCUT2D eigenvalue weighted by atomic mass is 16.5. The van der Waals surface area contributed by atoms with Gasteiger partial charge in [0.2, 0.25) is 0 Å². The largest absolute Gasteiger partial charge is 0.497 e. The van der Waals surface area contributed by atoms with E-state index in [9.17, 15) is 9.59 Å². The number of H-pyrrole nitrogens is 1. The highest BCUT2D eigenvalue weighted by Crippen LogP contribution is 2.30. The number of amides is 2. The molecule has 28 heavy (non-hydrogen) atoms. The summed E-state index contributed by atoms with van der Waals surface area (Å²) in [6, 6.07) is 12.4. The summed E-state index contributed by atoms with van der Waals surface area (Å²) in [5, 5.41) is 4.00. The summed E-state index contributed by atoms with van der Waals surface area (Å²) in [6.07, 6.45) is 0.762. The van der Waals surface area contributed by atoms with Gasteiger partial charge in [-0.2, -0.15) is 0 Å². The van der Waals surface area contributed by atoms with Gasteiger partial charge in [-0.15, -0.1) is 0 Å². The monoisotopic (exact) mass is 379 g/mol. The van der Waals surface area contributed by atoms with Gasteiger partial charge >= 0.3 is 12.0 Å². The first kappa shape index (κ1) is 17.9. The second-order valence-electron chi connectivity index (χ2n) is 6.67. The lowest BCUT2D eigenvalue weighted by molar-refractivity contribution is 0.0600. The Morgan fingerprint density at radius 2 is 2.00 bits per heavy atom. The van der Waals surface area contributed by atoms with Crippen molar-refractivity contribution in [3.63, 3.8) is 0 Å². The lowest BCUT2D eigenvalue weighted by Crippen LogP contribution is -2.38. The van der Waals surface area contributed by atoms with Crippen LogP contribution < -0.4 is 10.1 Å². The molecule has 1 aromatic heterocycles. The van der Waals surface area contributed by atoms with Gasteiger partial charge in [0.05, 0.1) is 26.3 Å². The Labute approximate surface area is 162 Å². The first-order valence-electron chi connectivity index (χ1n) is 9.01. The van der Waals surface area contributed by atoms with E-state index in [1.54, 1.807) is 36.3 Å². The number of methoxy groups -OCH3 is 2. The van der Waals surface area contributed by atoms with Crippen LogP contribution >= 0.6 is 0 Å². The predicted molar refractivity (Wildman–Crippen MR) is 106 cm³/mol. The number of ether oxygens (including phenoxy) is 2. The third kappa shape index (κ3) is 3.26. The lowest BCUT2D eigenvalue weighted by atomic mass is 10.0. The van der Waals surface area contributed by atoms with Crippen molar-refractivity contribution in [1.29, 1.82) is 0 Å². The first-order chi connectivity index (χ1) is 13.6. The minimum absolute atomic E-state index is 0.205. The normalized spacial score (nSPS) is 13.1. The van der Waals surface area contributed by atoms with Crippen molar-refractivity contribution < 1.29 is 19.1 Å². The Morgan fingerprint density at radius 3 is 2.79 bits per heavy atom. The van der Waals surface area contributed by atoms with E-state index in [0.29, 0.717) is 24.3 Å². The van der Waals surface area contributed by atoms with E-state index in [2.05, 4.69) is 10.3 Å². The van der Waals surface area contributed by atoms with E-state index >= 15 is 0 Å². The molecule has 0 fully saturated rings. The molecule has 1 aliphatic rings. The number of carbonyl (C=O) groups excluding carboxylic acids is 2. The summed E-state index contributed by atoms with van der Waals surface area (Å²) < 4.78 is 10.0. The molecule has 2 N–H and O–H groups in total. The number of esters is 1. The number of anilines is 1. The molecule has 2 amide bonds. The van der Waals surface area contributed by atoms with Crippen LogP contribution in [0.5, 0.6) is 5.75 Å². The maximum atomic E-state index is 12.7. The smallest absolute Gasteiger partial charge is 0.337 e. The molecule has 0 atom stereocenters. The van der Waals surface area contributed by atoms with Crippen LogP contribution in [0.3, 0.4) is 0 Å². The molecular weight excluding hydrogens is 358 g/mol. The molecular formula is C21H21N3O4. The predicted octanol–water partition coefficient (Wildman–Crippen LogP) is 3.55. The van der Waals surface area contributed by atoms with Gasteiger partial charge in [-0.25, -0.2) is 9.59 Å². The van der Waals surface area contributed by atoms with Gasteiger partial charge in [0.25, 0.3) is 0 Å². The zero-order chi connectivity index (χ0) is 19.7. The van der Waals surface area contributed by atoms with Gasteiger partial charge in [0.15, 0.2) is 0 Å². The summed E-state index contributed by atoms with van der Waals surface area (Å²) in [6.45, 7) is 1.11. The molecule has 0 radical (unpaired) electrons. The molecule has 144 valence electrons. The van der Waals surface area contributed by atoms with Crippen LogP contribution in [0.2, 0.25) is 0 Å². The summed E-state index contributed by atoms with van der Waals surface area (Å²) in [4.78, 5) is 29.5. The molecule has 2 heterocycles. The van der Waals surface area contributed by atoms with Crippen molar-refractivity contribution in [3.05, 3.63) is 59.3 Å². The Morgan fingerprint density at radius 1 is 1.14 bits per heavy atom. The van der Waals surface area contributed by atoms with Gasteiger partial charge < -0.3 is 24.7 Å². The molecule has 0 aliphatic carbocycles. The van der Waals surface area contributed by atoms with E-state index in [4.69, 9.17) is 9.47 Å². The van der Waals surface area contributed by atoms with E-state index < -0.39 is 5.97 Å². The number of fused-ring (bicyclic) bond motifs is 3. The number of aromatic nitrogens is 1. The fourth-order valence-corrected chi connectivity index (χ4v) is 3.56. The van der Waals surface area contributed by atoms with Crippen LogP contribution in [0.4, 0.5) is 10.5 Å².